The zero-order valence-corrected chi connectivity index (χ0v) is 9.98. The lowest BCUT2D eigenvalue weighted by molar-refractivity contribution is 0.0182. The van der Waals surface area contributed by atoms with E-state index < -0.39 is 5.41 Å². The molecule has 1 saturated heterocycles. The van der Waals surface area contributed by atoms with Gasteiger partial charge in [0.2, 0.25) is 5.88 Å². The Kier molecular flexibility index (Phi) is 3.77. The first kappa shape index (κ1) is 12.1. The maximum absolute atomic E-state index is 9.23. The van der Waals surface area contributed by atoms with Gasteiger partial charge in [-0.3, -0.25) is 4.98 Å². The minimum atomic E-state index is -0.484. The van der Waals surface area contributed by atoms with E-state index >= 15 is 0 Å². The van der Waals surface area contributed by atoms with Crippen LogP contribution >= 0.6 is 11.6 Å². The van der Waals surface area contributed by atoms with Crippen LogP contribution in [0, 0.1) is 16.7 Å². The average molecular weight is 254 g/mol. The van der Waals surface area contributed by atoms with Gasteiger partial charge in [-0.25, -0.2) is 0 Å². The molecule has 2 rings (SSSR count). The van der Waals surface area contributed by atoms with Crippen molar-refractivity contribution >= 4 is 11.6 Å². The number of halogens is 1. The molecule has 0 N–H and O–H groups in total. The summed E-state index contributed by atoms with van der Waals surface area (Å²) in [5.41, 5.74) is -0.484. The van der Waals surface area contributed by atoms with E-state index in [1.807, 2.05) is 0 Å². The zero-order chi connectivity index (χ0) is 12.1. The second-order valence-electron chi connectivity index (χ2n) is 3.97. The molecule has 0 aromatic carbocycles. The summed E-state index contributed by atoms with van der Waals surface area (Å²) in [4.78, 5) is 7.83. The molecule has 5 nitrogen and oxygen atoms in total. The Labute approximate surface area is 104 Å². The third-order valence-electron chi connectivity index (χ3n) is 2.77. The number of rotatable bonds is 3. The summed E-state index contributed by atoms with van der Waals surface area (Å²) in [5.74, 6) is 0.346. The molecule has 1 aliphatic rings. The van der Waals surface area contributed by atoms with Crippen LogP contribution in [0.25, 0.3) is 0 Å². The molecule has 17 heavy (non-hydrogen) atoms. The third-order valence-corrected chi connectivity index (χ3v) is 2.95. The second kappa shape index (κ2) is 5.30. The summed E-state index contributed by atoms with van der Waals surface area (Å²) in [6.45, 7) is 1.48. The van der Waals surface area contributed by atoms with Gasteiger partial charge in [0.15, 0.2) is 5.15 Å². The molecule has 0 saturated carbocycles. The zero-order valence-electron chi connectivity index (χ0n) is 9.23. The van der Waals surface area contributed by atoms with Crippen LogP contribution in [-0.2, 0) is 4.74 Å². The summed E-state index contributed by atoms with van der Waals surface area (Å²) in [7, 11) is 0. The molecular weight excluding hydrogens is 242 g/mol. The van der Waals surface area contributed by atoms with Crippen LogP contribution in [-0.4, -0.2) is 29.8 Å². The largest absolute Gasteiger partial charge is 0.475 e. The molecule has 1 aromatic rings. The van der Waals surface area contributed by atoms with E-state index in [4.69, 9.17) is 21.1 Å². The highest BCUT2D eigenvalue weighted by molar-refractivity contribution is 6.29. The molecule has 0 atom stereocenters. The van der Waals surface area contributed by atoms with E-state index in [1.165, 1.54) is 12.4 Å². The molecular formula is C11H12ClN3O2. The Hall–Kier alpha value is -1.38. The van der Waals surface area contributed by atoms with E-state index in [0.29, 0.717) is 38.5 Å². The normalized spacial score (nSPS) is 18.4. The predicted octanol–water partition coefficient (Wildman–Crippen LogP) is 1.83. The lowest BCUT2D eigenvalue weighted by atomic mass is 9.83. The van der Waals surface area contributed by atoms with Crippen LogP contribution in [0.4, 0.5) is 0 Å². The maximum Gasteiger partial charge on any atom is 0.233 e. The lowest BCUT2D eigenvalue weighted by Gasteiger charge is -2.29. The van der Waals surface area contributed by atoms with Crippen molar-refractivity contribution in [1.82, 2.24) is 9.97 Å². The monoisotopic (exact) mass is 253 g/mol. The molecule has 0 amide bonds. The molecule has 0 spiro atoms. The first-order valence-corrected chi connectivity index (χ1v) is 5.71. The summed E-state index contributed by atoms with van der Waals surface area (Å²) in [6, 6.07) is 2.32. The van der Waals surface area contributed by atoms with Crippen molar-refractivity contribution in [2.45, 2.75) is 12.8 Å². The smallest absolute Gasteiger partial charge is 0.233 e. The van der Waals surface area contributed by atoms with Crippen molar-refractivity contribution in [3.63, 3.8) is 0 Å². The van der Waals surface area contributed by atoms with Crippen LogP contribution in [0.15, 0.2) is 12.4 Å². The van der Waals surface area contributed by atoms with Crippen LogP contribution < -0.4 is 4.74 Å². The Bertz CT molecular complexity index is 427. The van der Waals surface area contributed by atoms with E-state index in [2.05, 4.69) is 16.0 Å². The standard InChI is InChI=1S/C11H12ClN3O2/c12-9-5-14-6-10(15-9)17-8-11(7-13)1-3-16-4-2-11/h5-6H,1-4,8H2. The highest BCUT2D eigenvalue weighted by Gasteiger charge is 2.33. The van der Waals surface area contributed by atoms with Crippen molar-refractivity contribution < 1.29 is 9.47 Å². The maximum atomic E-state index is 9.23. The van der Waals surface area contributed by atoms with Gasteiger partial charge in [-0.05, 0) is 12.8 Å². The van der Waals surface area contributed by atoms with Crippen LogP contribution in [0.1, 0.15) is 12.8 Å². The highest BCUT2D eigenvalue weighted by atomic mass is 35.5. The Morgan fingerprint density at radius 3 is 2.88 bits per heavy atom. The summed E-state index contributed by atoms with van der Waals surface area (Å²) >= 11 is 5.70. The van der Waals surface area contributed by atoms with Gasteiger partial charge in [0.05, 0.1) is 23.9 Å². The van der Waals surface area contributed by atoms with E-state index in [0.717, 1.165) is 0 Å². The van der Waals surface area contributed by atoms with Gasteiger partial charge in [-0.2, -0.15) is 10.2 Å². The van der Waals surface area contributed by atoms with Crippen LogP contribution in [0.5, 0.6) is 5.88 Å². The third kappa shape index (κ3) is 3.05. The van der Waals surface area contributed by atoms with Gasteiger partial charge in [-0.15, -0.1) is 0 Å². The molecule has 0 radical (unpaired) electrons. The fraction of sp³-hybridized carbons (Fsp3) is 0.545. The SMILES string of the molecule is N#CC1(COc2cncc(Cl)n2)CCOCC1. The summed E-state index contributed by atoms with van der Waals surface area (Å²) in [5, 5.41) is 9.50. The fourth-order valence-corrected chi connectivity index (χ4v) is 1.80. The quantitative estimate of drug-likeness (QED) is 0.822. The van der Waals surface area contributed by atoms with Gasteiger partial charge in [0.1, 0.15) is 6.61 Å². The number of ether oxygens (including phenoxy) is 2. The molecule has 0 aliphatic carbocycles. The first-order chi connectivity index (χ1) is 8.24. The molecule has 0 bridgehead atoms. The lowest BCUT2D eigenvalue weighted by Crippen LogP contribution is -2.34. The minimum Gasteiger partial charge on any atom is -0.475 e. The highest BCUT2D eigenvalue weighted by Crippen LogP contribution is 2.30. The number of hydrogen-bond donors (Lipinski definition) is 0. The van der Waals surface area contributed by atoms with Crippen molar-refractivity contribution in [1.29, 1.82) is 5.26 Å². The van der Waals surface area contributed by atoms with Crippen molar-refractivity contribution in [3.05, 3.63) is 17.5 Å². The van der Waals surface area contributed by atoms with Crippen molar-refractivity contribution in [2.24, 2.45) is 5.41 Å². The number of nitriles is 1. The van der Waals surface area contributed by atoms with Gasteiger partial charge < -0.3 is 9.47 Å². The number of hydrogen-bond acceptors (Lipinski definition) is 5. The fourth-order valence-electron chi connectivity index (χ4n) is 1.66. The van der Waals surface area contributed by atoms with E-state index in [9.17, 15) is 5.26 Å². The van der Waals surface area contributed by atoms with Crippen molar-refractivity contribution in [3.8, 4) is 11.9 Å². The number of nitrogens with zero attached hydrogens (tertiary/aromatic N) is 3. The number of aromatic nitrogens is 2. The molecule has 2 heterocycles. The first-order valence-electron chi connectivity index (χ1n) is 5.33. The Morgan fingerprint density at radius 1 is 1.47 bits per heavy atom. The van der Waals surface area contributed by atoms with E-state index in [-0.39, 0.29) is 5.15 Å². The minimum absolute atomic E-state index is 0.278. The topological polar surface area (TPSA) is 68.0 Å². The van der Waals surface area contributed by atoms with Gasteiger partial charge in [-0.1, -0.05) is 11.6 Å². The van der Waals surface area contributed by atoms with Crippen molar-refractivity contribution in [2.75, 3.05) is 19.8 Å². The Balaban J connectivity index is 1.98. The predicted molar refractivity (Wildman–Crippen MR) is 60.6 cm³/mol. The molecule has 6 heteroatoms. The molecule has 1 fully saturated rings. The molecule has 1 aromatic heterocycles. The van der Waals surface area contributed by atoms with Gasteiger partial charge >= 0.3 is 0 Å². The molecule has 1 aliphatic heterocycles. The van der Waals surface area contributed by atoms with Gasteiger partial charge in [0, 0.05) is 13.2 Å². The van der Waals surface area contributed by atoms with Gasteiger partial charge in [0.25, 0.3) is 0 Å². The summed E-state index contributed by atoms with van der Waals surface area (Å²) < 4.78 is 10.7. The molecule has 90 valence electrons. The second-order valence-corrected chi connectivity index (χ2v) is 4.36. The average Bonchev–Trinajstić information content (AvgIpc) is 2.38. The Morgan fingerprint density at radius 2 is 2.24 bits per heavy atom. The van der Waals surface area contributed by atoms with Crippen LogP contribution in [0.3, 0.4) is 0 Å². The van der Waals surface area contributed by atoms with Crippen LogP contribution in [0.2, 0.25) is 5.15 Å². The summed E-state index contributed by atoms with van der Waals surface area (Å²) in [6.07, 6.45) is 4.27. The molecule has 0 unspecified atom stereocenters. The van der Waals surface area contributed by atoms with E-state index in [1.54, 1.807) is 0 Å².